The van der Waals surface area contributed by atoms with Crippen molar-refractivity contribution in [3.63, 3.8) is 0 Å². The molecule has 0 amide bonds. The van der Waals surface area contributed by atoms with Gasteiger partial charge in [0.2, 0.25) is 0 Å². The van der Waals surface area contributed by atoms with Crippen LogP contribution in [0.15, 0.2) is 30.3 Å². The van der Waals surface area contributed by atoms with E-state index in [1.54, 1.807) is 0 Å². The fourth-order valence-corrected chi connectivity index (χ4v) is 3.82. The van der Waals surface area contributed by atoms with Crippen molar-refractivity contribution in [2.45, 2.75) is 18.5 Å². The first-order valence-corrected chi connectivity index (χ1v) is 6.56. The van der Waals surface area contributed by atoms with E-state index >= 15 is 0 Å². The number of rotatable bonds is 2. The topological polar surface area (TPSA) is 17.1 Å². The Kier molecular flexibility index (Phi) is 1.84. The SMILES string of the molecule is CP(=O)(c1ccccc1)C1CC1. The lowest BCUT2D eigenvalue weighted by Crippen LogP contribution is -2.05. The van der Waals surface area contributed by atoms with E-state index in [1.165, 1.54) is 0 Å². The van der Waals surface area contributed by atoms with Crippen LogP contribution in [0, 0.1) is 0 Å². The minimum atomic E-state index is -2.01. The summed E-state index contributed by atoms with van der Waals surface area (Å²) in [6.07, 6.45) is 2.31. The molecule has 0 spiro atoms. The van der Waals surface area contributed by atoms with Gasteiger partial charge in [-0.2, -0.15) is 0 Å². The van der Waals surface area contributed by atoms with Gasteiger partial charge in [0, 0.05) is 11.0 Å². The lowest BCUT2D eigenvalue weighted by atomic mass is 10.4. The van der Waals surface area contributed by atoms with Crippen molar-refractivity contribution in [2.75, 3.05) is 6.66 Å². The van der Waals surface area contributed by atoms with Crippen molar-refractivity contribution in [3.05, 3.63) is 30.3 Å². The molecule has 1 atom stereocenters. The molecule has 0 aromatic heterocycles. The molecule has 0 radical (unpaired) electrons. The molecule has 0 aliphatic heterocycles. The van der Waals surface area contributed by atoms with Crippen LogP contribution in [0.5, 0.6) is 0 Å². The van der Waals surface area contributed by atoms with E-state index in [1.807, 2.05) is 37.0 Å². The highest BCUT2D eigenvalue weighted by molar-refractivity contribution is 7.71. The minimum absolute atomic E-state index is 0.486. The van der Waals surface area contributed by atoms with Gasteiger partial charge in [-0.05, 0) is 19.5 Å². The molecule has 1 nitrogen and oxygen atoms in total. The molecule has 1 aliphatic rings. The predicted molar refractivity (Wildman–Crippen MR) is 52.6 cm³/mol. The lowest BCUT2D eigenvalue weighted by molar-refractivity contribution is 0.584. The monoisotopic (exact) mass is 180 g/mol. The maximum Gasteiger partial charge on any atom is 0.115 e. The van der Waals surface area contributed by atoms with Crippen molar-refractivity contribution < 1.29 is 4.57 Å². The second-order valence-corrected chi connectivity index (χ2v) is 6.78. The average molecular weight is 180 g/mol. The second kappa shape index (κ2) is 2.74. The molecule has 0 heterocycles. The Morgan fingerprint density at radius 2 is 1.83 bits per heavy atom. The zero-order chi connectivity index (χ0) is 8.60. The van der Waals surface area contributed by atoms with Gasteiger partial charge in [0.25, 0.3) is 0 Å². The second-order valence-electron chi connectivity index (χ2n) is 3.56. The van der Waals surface area contributed by atoms with Crippen LogP contribution in [0.4, 0.5) is 0 Å². The molecule has 2 rings (SSSR count). The highest BCUT2D eigenvalue weighted by Crippen LogP contribution is 2.56. The fraction of sp³-hybridized carbons (Fsp3) is 0.400. The molecule has 1 unspecified atom stereocenters. The van der Waals surface area contributed by atoms with E-state index in [2.05, 4.69) is 0 Å². The molecule has 1 aromatic carbocycles. The van der Waals surface area contributed by atoms with Crippen LogP contribution in [0.3, 0.4) is 0 Å². The summed E-state index contributed by atoms with van der Waals surface area (Å²) in [7, 11) is -2.01. The Morgan fingerprint density at radius 1 is 1.25 bits per heavy atom. The molecule has 1 fully saturated rings. The van der Waals surface area contributed by atoms with Crippen molar-refractivity contribution in [2.24, 2.45) is 0 Å². The summed E-state index contributed by atoms with van der Waals surface area (Å²) in [5, 5.41) is 1.05. The lowest BCUT2D eigenvalue weighted by Gasteiger charge is -2.11. The molecule has 12 heavy (non-hydrogen) atoms. The van der Waals surface area contributed by atoms with Crippen LogP contribution in [0.25, 0.3) is 0 Å². The highest BCUT2D eigenvalue weighted by Gasteiger charge is 2.37. The molecule has 2 heteroatoms. The van der Waals surface area contributed by atoms with E-state index < -0.39 is 7.14 Å². The summed E-state index contributed by atoms with van der Waals surface area (Å²) < 4.78 is 12.2. The highest BCUT2D eigenvalue weighted by atomic mass is 31.2. The first-order valence-electron chi connectivity index (χ1n) is 4.34. The number of hydrogen-bond acceptors (Lipinski definition) is 1. The molecule has 1 aliphatic carbocycles. The Balaban J connectivity index is 2.35. The van der Waals surface area contributed by atoms with Gasteiger partial charge < -0.3 is 4.57 Å². The summed E-state index contributed by atoms with van der Waals surface area (Å²) in [4.78, 5) is 0. The Bertz CT molecular complexity index is 314. The van der Waals surface area contributed by atoms with Gasteiger partial charge in [0.15, 0.2) is 0 Å². The van der Waals surface area contributed by atoms with Gasteiger partial charge in [-0.25, -0.2) is 0 Å². The van der Waals surface area contributed by atoms with Crippen molar-refractivity contribution in [1.29, 1.82) is 0 Å². The van der Waals surface area contributed by atoms with Crippen molar-refractivity contribution >= 4 is 12.4 Å². The van der Waals surface area contributed by atoms with Gasteiger partial charge in [0.05, 0.1) is 0 Å². The van der Waals surface area contributed by atoms with E-state index in [0.717, 1.165) is 18.1 Å². The number of hydrogen-bond donors (Lipinski definition) is 0. The van der Waals surface area contributed by atoms with E-state index in [9.17, 15) is 4.57 Å². The third-order valence-corrected chi connectivity index (χ3v) is 5.75. The van der Waals surface area contributed by atoms with Crippen LogP contribution < -0.4 is 5.30 Å². The van der Waals surface area contributed by atoms with Gasteiger partial charge in [-0.1, -0.05) is 30.3 Å². The summed E-state index contributed by atoms with van der Waals surface area (Å²) in [5.74, 6) is 0. The molecule has 1 aromatic rings. The quantitative estimate of drug-likeness (QED) is 0.639. The van der Waals surface area contributed by atoms with Crippen LogP contribution in [0.2, 0.25) is 0 Å². The molecule has 0 bridgehead atoms. The first kappa shape index (κ1) is 8.07. The summed E-state index contributed by atoms with van der Waals surface area (Å²) >= 11 is 0. The Labute approximate surface area is 73.2 Å². The van der Waals surface area contributed by atoms with Crippen molar-refractivity contribution in [1.82, 2.24) is 0 Å². The largest absolute Gasteiger partial charge is 0.319 e. The van der Waals surface area contributed by atoms with Gasteiger partial charge in [-0.15, -0.1) is 0 Å². The van der Waals surface area contributed by atoms with Crippen LogP contribution in [-0.4, -0.2) is 12.3 Å². The molecule has 1 saturated carbocycles. The normalized spacial score (nSPS) is 21.8. The van der Waals surface area contributed by atoms with E-state index in [-0.39, 0.29) is 0 Å². The van der Waals surface area contributed by atoms with Gasteiger partial charge in [-0.3, -0.25) is 0 Å². The molecule has 64 valence electrons. The first-order chi connectivity index (χ1) is 5.71. The van der Waals surface area contributed by atoms with Crippen LogP contribution in [0.1, 0.15) is 12.8 Å². The standard InChI is InChI=1S/C10H13OP/c1-12(11,10-7-8-10)9-5-3-2-4-6-9/h2-6,10H,7-8H2,1H3. The average Bonchev–Trinajstić information content (AvgIpc) is 2.88. The molecular weight excluding hydrogens is 167 g/mol. The van der Waals surface area contributed by atoms with Crippen molar-refractivity contribution in [3.8, 4) is 0 Å². The van der Waals surface area contributed by atoms with Gasteiger partial charge >= 0.3 is 0 Å². The fourth-order valence-electron chi connectivity index (χ4n) is 1.50. The molecule has 0 saturated heterocycles. The Hall–Kier alpha value is -0.550. The zero-order valence-electron chi connectivity index (χ0n) is 7.23. The van der Waals surface area contributed by atoms with Crippen LogP contribution in [-0.2, 0) is 4.57 Å². The maximum absolute atomic E-state index is 12.2. The smallest absolute Gasteiger partial charge is 0.115 e. The minimum Gasteiger partial charge on any atom is -0.319 e. The zero-order valence-corrected chi connectivity index (χ0v) is 8.13. The van der Waals surface area contributed by atoms with Gasteiger partial charge in [0.1, 0.15) is 7.14 Å². The van der Waals surface area contributed by atoms with E-state index in [0.29, 0.717) is 5.66 Å². The summed E-state index contributed by atoms with van der Waals surface area (Å²) in [6, 6.07) is 9.87. The molecule has 0 N–H and O–H groups in total. The maximum atomic E-state index is 12.2. The predicted octanol–water partition coefficient (Wildman–Crippen LogP) is 2.47. The van der Waals surface area contributed by atoms with E-state index in [4.69, 9.17) is 0 Å². The summed E-state index contributed by atoms with van der Waals surface area (Å²) in [6.45, 7) is 1.92. The Morgan fingerprint density at radius 3 is 2.33 bits per heavy atom. The third-order valence-electron chi connectivity index (χ3n) is 2.51. The third kappa shape index (κ3) is 1.34. The number of benzene rings is 1. The van der Waals surface area contributed by atoms with Crippen LogP contribution >= 0.6 is 7.14 Å². The summed E-state index contributed by atoms with van der Waals surface area (Å²) in [5.41, 5.74) is 0.486. The molecular formula is C10H13OP.